The second kappa shape index (κ2) is 7.09. The number of halogens is 1. The van der Waals surface area contributed by atoms with Crippen LogP contribution in [0, 0.1) is 0 Å². The van der Waals surface area contributed by atoms with Gasteiger partial charge in [0.2, 0.25) is 5.91 Å². The largest absolute Gasteiger partial charge is 0.493 e. The highest BCUT2D eigenvalue weighted by molar-refractivity contribution is 7.99. The molecule has 0 radical (unpaired) electrons. The van der Waals surface area contributed by atoms with Crippen molar-refractivity contribution in [3.63, 3.8) is 0 Å². The Labute approximate surface area is 148 Å². The molecule has 0 bridgehead atoms. The number of benzene rings is 1. The van der Waals surface area contributed by atoms with Gasteiger partial charge in [-0.3, -0.25) is 10.1 Å². The van der Waals surface area contributed by atoms with E-state index in [1.165, 1.54) is 16.9 Å². The maximum Gasteiger partial charge on any atom is 0.244 e. The van der Waals surface area contributed by atoms with Crippen LogP contribution in [0.1, 0.15) is 5.56 Å². The third kappa shape index (κ3) is 3.47. The van der Waals surface area contributed by atoms with Crippen LogP contribution in [0.5, 0.6) is 5.75 Å². The molecule has 1 fully saturated rings. The van der Waals surface area contributed by atoms with Gasteiger partial charge in [-0.1, -0.05) is 0 Å². The summed E-state index contributed by atoms with van der Waals surface area (Å²) in [6, 6.07) is 6.02. The van der Waals surface area contributed by atoms with Gasteiger partial charge in [0.25, 0.3) is 0 Å². The van der Waals surface area contributed by atoms with Gasteiger partial charge in [-0.05, 0) is 23.8 Å². The number of amides is 1. The molecule has 1 amide bonds. The first-order valence-electron chi connectivity index (χ1n) is 7.13. The van der Waals surface area contributed by atoms with Gasteiger partial charge in [0, 0.05) is 29.0 Å². The third-order valence-corrected chi connectivity index (χ3v) is 5.45. The molecular weight excluding hydrogens is 354 g/mol. The molecule has 2 aromatic rings. The molecule has 0 aliphatic carbocycles. The van der Waals surface area contributed by atoms with Crippen molar-refractivity contribution in [2.45, 2.75) is 12.5 Å². The molecule has 1 unspecified atom stereocenters. The Balaban J connectivity index is 0.00000156. The fourth-order valence-corrected chi connectivity index (χ4v) is 4.23. The first-order valence-corrected chi connectivity index (χ1v) is 9.17. The average molecular weight is 370 g/mol. The van der Waals surface area contributed by atoms with E-state index in [4.69, 9.17) is 4.74 Å². The summed E-state index contributed by atoms with van der Waals surface area (Å²) in [6.45, 7) is 0.754. The number of thiazole rings is 1. The molecular formula is C15H16ClN3O2S2. The summed E-state index contributed by atoms with van der Waals surface area (Å²) in [5.41, 5.74) is 3.18. The number of ether oxygens (including phenoxy) is 1. The molecule has 0 saturated carbocycles. The summed E-state index contributed by atoms with van der Waals surface area (Å²) >= 11 is 3.19. The number of hydrogen-bond acceptors (Lipinski definition) is 6. The van der Waals surface area contributed by atoms with Gasteiger partial charge in [-0.25, -0.2) is 4.98 Å². The second-order valence-corrected chi connectivity index (χ2v) is 7.11. The minimum Gasteiger partial charge on any atom is -0.493 e. The van der Waals surface area contributed by atoms with Crippen molar-refractivity contribution < 1.29 is 9.53 Å². The van der Waals surface area contributed by atoms with Gasteiger partial charge < -0.3 is 10.1 Å². The summed E-state index contributed by atoms with van der Waals surface area (Å²) in [6.07, 6.45) is 0.946. The Kier molecular flexibility index (Phi) is 5.11. The van der Waals surface area contributed by atoms with Crippen molar-refractivity contribution in [2.75, 3.05) is 23.6 Å². The maximum atomic E-state index is 12.1. The minimum atomic E-state index is -0.116. The van der Waals surface area contributed by atoms with Gasteiger partial charge in [0.15, 0.2) is 5.13 Å². The van der Waals surface area contributed by atoms with E-state index >= 15 is 0 Å². The van der Waals surface area contributed by atoms with Crippen molar-refractivity contribution in [1.29, 1.82) is 0 Å². The topological polar surface area (TPSA) is 63.2 Å². The van der Waals surface area contributed by atoms with Crippen LogP contribution in [0.3, 0.4) is 0 Å². The quantitative estimate of drug-likeness (QED) is 0.871. The summed E-state index contributed by atoms with van der Waals surface area (Å²) < 4.78 is 5.52. The van der Waals surface area contributed by atoms with Crippen LogP contribution >= 0.6 is 35.5 Å². The molecule has 2 N–H and O–H groups in total. The minimum absolute atomic E-state index is 0. The number of aromatic nitrogens is 1. The number of nitrogens with zero attached hydrogens (tertiary/aromatic N) is 1. The predicted molar refractivity (Wildman–Crippen MR) is 96.9 cm³/mol. The zero-order valence-corrected chi connectivity index (χ0v) is 14.7. The van der Waals surface area contributed by atoms with Crippen molar-refractivity contribution in [3.05, 3.63) is 29.1 Å². The maximum absolute atomic E-state index is 12.1. The summed E-state index contributed by atoms with van der Waals surface area (Å²) in [4.78, 5) is 16.6. The third-order valence-electron chi connectivity index (χ3n) is 3.75. The highest BCUT2D eigenvalue weighted by Crippen LogP contribution is 2.32. The number of thioether (sulfide) groups is 1. The number of carbonyl (C=O) groups is 1. The summed E-state index contributed by atoms with van der Waals surface area (Å²) in [5, 5.41) is 8.68. The summed E-state index contributed by atoms with van der Waals surface area (Å²) in [7, 11) is 0. The highest BCUT2D eigenvalue weighted by atomic mass is 35.5. The number of fused-ring (bicyclic) bond motifs is 1. The zero-order chi connectivity index (χ0) is 14.9. The molecule has 1 aromatic carbocycles. The van der Waals surface area contributed by atoms with Crippen LogP contribution in [0.2, 0.25) is 0 Å². The molecule has 3 heterocycles. The monoisotopic (exact) mass is 369 g/mol. The van der Waals surface area contributed by atoms with Gasteiger partial charge >= 0.3 is 0 Å². The molecule has 4 rings (SSSR count). The fourth-order valence-electron chi connectivity index (χ4n) is 2.57. The van der Waals surface area contributed by atoms with Crippen molar-refractivity contribution in [3.8, 4) is 17.0 Å². The van der Waals surface area contributed by atoms with E-state index in [1.54, 1.807) is 11.8 Å². The zero-order valence-electron chi connectivity index (χ0n) is 12.2. The number of carbonyl (C=O) groups excluding carboxylic acids is 1. The lowest BCUT2D eigenvalue weighted by Gasteiger charge is -2.07. The Hall–Kier alpha value is -1.28. The van der Waals surface area contributed by atoms with E-state index in [2.05, 4.69) is 21.7 Å². The number of anilines is 1. The van der Waals surface area contributed by atoms with E-state index in [0.717, 1.165) is 41.7 Å². The standard InChI is InChI=1S/C15H15N3O2S2.ClH/c19-14(12-6-21-8-16-12)18-15-17-11(7-22-15)9-1-2-13-10(5-9)3-4-20-13;/h1-2,5,7,12,16H,3-4,6,8H2,(H,17,18,19);1H. The van der Waals surface area contributed by atoms with Crippen molar-refractivity contribution in [1.82, 2.24) is 10.3 Å². The van der Waals surface area contributed by atoms with Crippen molar-refractivity contribution >= 4 is 46.5 Å². The first-order chi connectivity index (χ1) is 10.8. The SMILES string of the molecule is Cl.O=C(Nc1nc(-c2ccc3c(c2)CCO3)cs1)C1CSCN1. The lowest BCUT2D eigenvalue weighted by Crippen LogP contribution is -2.37. The Morgan fingerprint density at radius 1 is 1.43 bits per heavy atom. The van der Waals surface area contributed by atoms with Crippen LogP contribution in [0.25, 0.3) is 11.3 Å². The van der Waals surface area contributed by atoms with E-state index in [0.29, 0.717) is 5.13 Å². The van der Waals surface area contributed by atoms with E-state index in [9.17, 15) is 4.79 Å². The number of hydrogen-bond donors (Lipinski definition) is 2. The Morgan fingerprint density at radius 2 is 2.35 bits per heavy atom. The molecule has 8 heteroatoms. The van der Waals surface area contributed by atoms with Crippen LogP contribution in [-0.4, -0.2) is 35.2 Å². The van der Waals surface area contributed by atoms with Crippen molar-refractivity contribution in [2.24, 2.45) is 0 Å². The van der Waals surface area contributed by atoms with E-state index in [1.807, 2.05) is 17.5 Å². The van der Waals surface area contributed by atoms with Gasteiger partial charge in [-0.15, -0.1) is 35.5 Å². The normalized spacial score (nSPS) is 18.9. The molecule has 2 aliphatic rings. The average Bonchev–Trinajstić information content (AvgIpc) is 3.27. The van der Waals surface area contributed by atoms with Crippen LogP contribution in [0.4, 0.5) is 5.13 Å². The molecule has 122 valence electrons. The molecule has 5 nitrogen and oxygen atoms in total. The first kappa shape index (κ1) is 16.6. The summed E-state index contributed by atoms with van der Waals surface area (Å²) in [5.74, 6) is 2.61. The highest BCUT2D eigenvalue weighted by Gasteiger charge is 2.23. The molecule has 1 saturated heterocycles. The fraction of sp³-hybridized carbons (Fsp3) is 0.333. The number of rotatable bonds is 3. The Morgan fingerprint density at radius 3 is 3.17 bits per heavy atom. The van der Waals surface area contributed by atoms with E-state index in [-0.39, 0.29) is 24.4 Å². The van der Waals surface area contributed by atoms with Crippen LogP contribution in [0.15, 0.2) is 23.6 Å². The molecule has 23 heavy (non-hydrogen) atoms. The smallest absolute Gasteiger partial charge is 0.244 e. The van der Waals surface area contributed by atoms with Gasteiger partial charge in [-0.2, -0.15) is 0 Å². The number of nitrogens with one attached hydrogen (secondary N) is 2. The van der Waals surface area contributed by atoms with Gasteiger partial charge in [0.05, 0.1) is 18.3 Å². The molecule has 1 atom stereocenters. The lowest BCUT2D eigenvalue weighted by molar-refractivity contribution is -0.117. The van der Waals surface area contributed by atoms with Crippen LogP contribution in [-0.2, 0) is 11.2 Å². The predicted octanol–water partition coefficient (Wildman–Crippen LogP) is 2.77. The Bertz CT molecular complexity index is 716. The lowest BCUT2D eigenvalue weighted by atomic mass is 10.1. The van der Waals surface area contributed by atoms with Gasteiger partial charge in [0.1, 0.15) is 5.75 Å². The molecule has 2 aliphatic heterocycles. The molecule has 1 aromatic heterocycles. The van der Waals surface area contributed by atoms with E-state index < -0.39 is 0 Å². The van der Waals surface area contributed by atoms with Crippen LogP contribution < -0.4 is 15.4 Å². The molecule has 0 spiro atoms. The second-order valence-electron chi connectivity index (χ2n) is 5.22.